The second-order valence-corrected chi connectivity index (χ2v) is 30.5. The third-order valence-electron chi connectivity index (χ3n) is 7.65. The van der Waals surface area contributed by atoms with Gasteiger partial charge in [0.2, 0.25) is 0 Å². The van der Waals surface area contributed by atoms with Gasteiger partial charge in [0.25, 0.3) is 0 Å². The van der Waals surface area contributed by atoms with E-state index in [1.807, 2.05) is 0 Å². The Balaban J connectivity index is 1.89. The standard InChI is InChI=1S/C32H41FGeN3SSi/c1-20-16-17-25-28(38-30-29(39(9,10)11)35-31(33)37(25)30)27(20)26-18-22(24(19-36(26)8)34(5,6)7)21-14-12-13-15-23(21)32(2,3)4/h12-19H,1-11H3/q+1. The van der Waals surface area contributed by atoms with Crippen LogP contribution in [-0.2, 0) is 12.5 Å². The molecule has 0 spiro atoms. The summed E-state index contributed by atoms with van der Waals surface area (Å²) in [5, 5.41) is 0.949. The summed E-state index contributed by atoms with van der Waals surface area (Å²) >= 11 is -0.577. The molecule has 0 unspecified atom stereocenters. The van der Waals surface area contributed by atoms with Gasteiger partial charge in [0.1, 0.15) is 0 Å². The van der Waals surface area contributed by atoms with Gasteiger partial charge in [0.15, 0.2) is 0 Å². The van der Waals surface area contributed by atoms with Gasteiger partial charge >= 0.3 is 241 Å². The Bertz CT molecular complexity index is 1750. The molecular formula is C32H41FGeN3SSi+. The average molecular weight is 619 g/mol. The van der Waals surface area contributed by atoms with Crippen molar-refractivity contribution in [2.24, 2.45) is 7.05 Å². The summed E-state index contributed by atoms with van der Waals surface area (Å²) in [6.45, 7) is 15.8. The molecule has 0 aliphatic rings. The molecular weight excluding hydrogens is 578 g/mol. The third-order valence-corrected chi connectivity index (χ3v) is 15.0. The van der Waals surface area contributed by atoms with E-state index >= 15 is 4.39 Å². The third kappa shape index (κ3) is 4.82. The van der Waals surface area contributed by atoms with Crippen LogP contribution < -0.4 is 14.3 Å². The summed E-state index contributed by atoms with van der Waals surface area (Å²) in [6.07, 6.45) is 1.99. The number of hydrogen-bond donors (Lipinski definition) is 0. The van der Waals surface area contributed by atoms with E-state index in [-0.39, 0.29) is 5.41 Å². The molecule has 0 amide bonds. The van der Waals surface area contributed by atoms with E-state index in [2.05, 4.69) is 130 Å². The summed E-state index contributed by atoms with van der Waals surface area (Å²) in [6, 6.07) is 15.5. The molecule has 3 nitrogen and oxygen atoms in total. The first kappa shape index (κ1) is 28.2. The van der Waals surface area contributed by atoms with Crippen molar-refractivity contribution in [2.45, 2.75) is 70.0 Å². The summed E-state index contributed by atoms with van der Waals surface area (Å²) in [5.74, 6) is 7.42. The fourth-order valence-electron chi connectivity index (χ4n) is 5.63. The molecule has 0 aliphatic heterocycles. The van der Waals surface area contributed by atoms with Crippen LogP contribution >= 0.6 is 11.3 Å². The molecule has 3 heterocycles. The number of pyridine rings is 1. The Morgan fingerprint density at radius 3 is 2.28 bits per heavy atom. The first-order valence-electron chi connectivity index (χ1n) is 13.7. The fourth-order valence-corrected chi connectivity index (χ4v) is 12.5. The predicted molar refractivity (Wildman–Crippen MR) is 172 cm³/mol. The van der Waals surface area contributed by atoms with Crippen molar-refractivity contribution in [3.8, 4) is 22.4 Å². The van der Waals surface area contributed by atoms with Gasteiger partial charge in [0.05, 0.1) is 0 Å². The molecule has 0 N–H and O–H groups in total. The maximum absolute atomic E-state index is 15.3. The van der Waals surface area contributed by atoms with Crippen LogP contribution in [0.25, 0.3) is 37.4 Å². The number of halogens is 1. The van der Waals surface area contributed by atoms with Crippen molar-refractivity contribution in [1.82, 2.24) is 9.38 Å². The minimum absolute atomic E-state index is 0.0258. The minimum atomic E-state index is -2.27. The number of nitrogens with zero attached hydrogens (tertiary/aromatic N) is 3. The normalized spacial score (nSPS) is 13.1. The Morgan fingerprint density at radius 1 is 1.00 bits per heavy atom. The van der Waals surface area contributed by atoms with Crippen molar-refractivity contribution < 1.29 is 8.96 Å². The molecule has 0 aliphatic carbocycles. The second-order valence-electron chi connectivity index (χ2n) is 14.0. The molecule has 0 saturated carbocycles. The molecule has 5 aromatic rings. The zero-order valence-corrected chi connectivity index (χ0v) is 29.2. The summed E-state index contributed by atoms with van der Waals surface area (Å²) < 4.78 is 22.0. The fraction of sp³-hybridized carbons (Fsp3) is 0.375. The van der Waals surface area contributed by atoms with Crippen molar-refractivity contribution in [1.29, 1.82) is 0 Å². The Kier molecular flexibility index (Phi) is 6.80. The molecule has 2 aromatic carbocycles. The number of thiazole rings is 1. The molecule has 7 heteroatoms. The Labute approximate surface area is 240 Å². The van der Waals surface area contributed by atoms with E-state index in [1.165, 1.54) is 37.9 Å². The molecule has 0 bridgehead atoms. The summed E-state index contributed by atoms with van der Waals surface area (Å²) in [5.41, 5.74) is 8.51. The van der Waals surface area contributed by atoms with Crippen LogP contribution in [0.3, 0.4) is 0 Å². The van der Waals surface area contributed by atoms with Gasteiger partial charge in [-0.05, 0) is 0 Å². The molecule has 0 saturated heterocycles. The maximum atomic E-state index is 15.3. The van der Waals surface area contributed by atoms with E-state index in [0.29, 0.717) is 0 Å². The number of hydrogen-bond acceptors (Lipinski definition) is 2. The molecule has 0 atom stereocenters. The molecule has 204 valence electrons. The van der Waals surface area contributed by atoms with Gasteiger partial charge in [-0.2, -0.15) is 0 Å². The SMILES string of the molecule is Cc1ccc2c(sc3c([Si](C)(C)C)nc(F)n32)c1-c1cc(-c2ccccc2C(C)(C)C)[c]([Ge]([CH3])([CH3])[CH3])c[n+]1C. The molecule has 39 heavy (non-hydrogen) atoms. The number of rotatable bonds is 4. The van der Waals surface area contributed by atoms with E-state index in [1.54, 1.807) is 15.7 Å². The van der Waals surface area contributed by atoms with Crippen LogP contribution in [0.15, 0.2) is 48.7 Å². The van der Waals surface area contributed by atoms with Gasteiger partial charge in [-0.1, -0.05) is 0 Å². The van der Waals surface area contributed by atoms with Crippen molar-refractivity contribution in [2.75, 3.05) is 0 Å². The van der Waals surface area contributed by atoms with Crippen LogP contribution in [-0.4, -0.2) is 30.7 Å². The first-order valence-corrected chi connectivity index (χ1v) is 25.4. The quantitative estimate of drug-likeness (QED) is 0.151. The van der Waals surface area contributed by atoms with E-state index in [4.69, 9.17) is 0 Å². The summed E-state index contributed by atoms with van der Waals surface area (Å²) in [4.78, 5) is 5.36. The van der Waals surface area contributed by atoms with Gasteiger partial charge in [0, 0.05) is 0 Å². The average Bonchev–Trinajstić information content (AvgIpc) is 3.35. The second kappa shape index (κ2) is 9.38. The van der Waals surface area contributed by atoms with Gasteiger partial charge in [-0.3, -0.25) is 0 Å². The molecule has 0 radical (unpaired) electrons. The van der Waals surface area contributed by atoms with Crippen molar-refractivity contribution in [3.63, 3.8) is 0 Å². The van der Waals surface area contributed by atoms with Crippen LogP contribution in [0.4, 0.5) is 4.39 Å². The number of fused-ring (bicyclic) bond motifs is 3. The zero-order chi connectivity index (χ0) is 28.7. The van der Waals surface area contributed by atoms with Crippen LogP contribution in [0.1, 0.15) is 31.9 Å². The molecule has 3 aromatic heterocycles. The van der Waals surface area contributed by atoms with Gasteiger partial charge in [-0.25, -0.2) is 0 Å². The number of aryl methyl sites for hydroxylation is 2. The monoisotopic (exact) mass is 620 g/mol. The number of benzene rings is 2. The van der Waals surface area contributed by atoms with Gasteiger partial charge in [-0.15, -0.1) is 0 Å². The van der Waals surface area contributed by atoms with E-state index < -0.39 is 27.4 Å². The van der Waals surface area contributed by atoms with E-state index in [9.17, 15) is 0 Å². The Morgan fingerprint density at radius 2 is 1.67 bits per heavy atom. The number of imidazole rings is 1. The van der Waals surface area contributed by atoms with Gasteiger partial charge < -0.3 is 0 Å². The predicted octanol–water partition coefficient (Wildman–Crippen LogP) is 7.54. The summed E-state index contributed by atoms with van der Waals surface area (Å²) in [7, 11) is 0.340. The topological polar surface area (TPSA) is 21.2 Å². The zero-order valence-electron chi connectivity index (χ0n) is 25.2. The van der Waals surface area contributed by atoms with E-state index in [0.717, 1.165) is 20.4 Å². The molecule has 5 rings (SSSR count). The Hall–Kier alpha value is -2.29. The first-order chi connectivity index (χ1) is 18.0. The van der Waals surface area contributed by atoms with Crippen LogP contribution in [0, 0.1) is 13.0 Å². The number of aromatic nitrogens is 3. The van der Waals surface area contributed by atoms with Crippen LogP contribution in [0.5, 0.6) is 0 Å². The van der Waals surface area contributed by atoms with Crippen molar-refractivity contribution in [3.05, 3.63) is 65.9 Å². The van der Waals surface area contributed by atoms with Crippen LogP contribution in [0.2, 0.25) is 36.9 Å². The molecule has 0 fully saturated rings. The van der Waals surface area contributed by atoms with Crippen molar-refractivity contribution >= 4 is 57.4 Å².